The molecule has 2 N–H and O–H groups in total. The van der Waals surface area contributed by atoms with Crippen LogP contribution in [0.3, 0.4) is 0 Å². The van der Waals surface area contributed by atoms with Gasteiger partial charge in [-0.15, -0.1) is 0 Å². The molecule has 0 aliphatic heterocycles. The summed E-state index contributed by atoms with van der Waals surface area (Å²) in [6.07, 6.45) is 5.21. The average Bonchev–Trinajstić information content (AvgIpc) is 2.78. The Labute approximate surface area is 114 Å². The highest BCUT2D eigenvalue weighted by Gasteiger charge is 2.20. The van der Waals surface area contributed by atoms with Crippen LogP contribution in [-0.2, 0) is 6.42 Å². The molecule has 1 aromatic heterocycles. The van der Waals surface area contributed by atoms with Gasteiger partial charge in [-0.25, -0.2) is 4.39 Å². The summed E-state index contributed by atoms with van der Waals surface area (Å²) in [6.45, 7) is 0. The third kappa shape index (κ3) is 1.89. The van der Waals surface area contributed by atoms with Crippen LogP contribution in [0.5, 0.6) is 0 Å². The van der Waals surface area contributed by atoms with Gasteiger partial charge in [0.15, 0.2) is 0 Å². The lowest BCUT2D eigenvalue weighted by atomic mass is 9.93. The lowest BCUT2D eigenvalue weighted by Crippen LogP contribution is -2.17. The van der Waals surface area contributed by atoms with E-state index in [2.05, 4.69) is 26.6 Å². The molecule has 0 radical (unpaired) electrons. The molecule has 0 bridgehead atoms. The summed E-state index contributed by atoms with van der Waals surface area (Å²) in [5.41, 5.74) is 9.56. The second-order valence-electron chi connectivity index (χ2n) is 4.68. The highest BCUT2D eigenvalue weighted by Crippen LogP contribution is 2.31. The molecule has 1 unspecified atom stereocenters. The van der Waals surface area contributed by atoms with Crippen molar-refractivity contribution in [3.63, 3.8) is 0 Å². The number of nitrogens with zero attached hydrogens (tertiary/aromatic N) is 1. The molecule has 1 atom stereocenters. The van der Waals surface area contributed by atoms with Gasteiger partial charge >= 0.3 is 0 Å². The normalized spacial score (nSPS) is 18.7. The van der Waals surface area contributed by atoms with Crippen molar-refractivity contribution in [1.29, 1.82) is 0 Å². The first-order valence-corrected chi connectivity index (χ1v) is 6.87. The Morgan fingerprint density at radius 3 is 2.94 bits per heavy atom. The van der Waals surface area contributed by atoms with Gasteiger partial charge in [-0.2, -0.15) is 0 Å². The van der Waals surface area contributed by atoms with Gasteiger partial charge in [-0.05, 0) is 65.0 Å². The highest BCUT2D eigenvalue weighted by molar-refractivity contribution is 9.10. The molecule has 1 aliphatic rings. The van der Waals surface area contributed by atoms with Crippen LogP contribution in [0.15, 0.2) is 34.9 Å². The van der Waals surface area contributed by atoms with Gasteiger partial charge in [-0.3, -0.25) is 0 Å². The lowest BCUT2D eigenvalue weighted by molar-refractivity contribution is 0.560. The Hall–Kier alpha value is -1.13. The number of hydrogen-bond acceptors (Lipinski definition) is 1. The van der Waals surface area contributed by atoms with Crippen LogP contribution in [0.1, 0.15) is 30.1 Å². The summed E-state index contributed by atoms with van der Waals surface area (Å²) in [5, 5.41) is 0. The van der Waals surface area contributed by atoms with Crippen molar-refractivity contribution < 1.29 is 4.39 Å². The van der Waals surface area contributed by atoms with E-state index in [0.29, 0.717) is 4.47 Å². The van der Waals surface area contributed by atoms with Crippen LogP contribution in [0.4, 0.5) is 4.39 Å². The molecular formula is C14H14BrFN2. The lowest BCUT2D eigenvalue weighted by Gasteiger charge is -2.21. The van der Waals surface area contributed by atoms with E-state index in [-0.39, 0.29) is 11.9 Å². The van der Waals surface area contributed by atoms with Gasteiger partial charge < -0.3 is 10.3 Å². The van der Waals surface area contributed by atoms with E-state index in [4.69, 9.17) is 5.73 Å². The summed E-state index contributed by atoms with van der Waals surface area (Å²) in [4.78, 5) is 0. The molecule has 1 aromatic carbocycles. The standard InChI is InChI=1S/C14H14BrFN2/c15-11-8-9(4-5-12(11)16)18-7-6-10-13(17)2-1-3-14(10)18/h4-8,13H,1-3,17H2. The summed E-state index contributed by atoms with van der Waals surface area (Å²) in [7, 11) is 0. The van der Waals surface area contributed by atoms with E-state index in [9.17, 15) is 4.39 Å². The second-order valence-corrected chi connectivity index (χ2v) is 5.54. The van der Waals surface area contributed by atoms with E-state index >= 15 is 0 Å². The summed E-state index contributed by atoms with van der Waals surface area (Å²) in [6, 6.07) is 7.29. The number of rotatable bonds is 1. The zero-order valence-corrected chi connectivity index (χ0v) is 11.5. The Morgan fingerprint density at radius 1 is 1.33 bits per heavy atom. The molecule has 2 aromatic rings. The van der Waals surface area contributed by atoms with Crippen molar-refractivity contribution in [3.8, 4) is 5.69 Å². The first-order valence-electron chi connectivity index (χ1n) is 6.08. The zero-order valence-electron chi connectivity index (χ0n) is 9.87. The first kappa shape index (κ1) is 11.9. The predicted octanol–water partition coefficient (Wildman–Crippen LogP) is 3.72. The molecule has 1 aliphatic carbocycles. The van der Waals surface area contributed by atoms with Gasteiger partial charge in [0, 0.05) is 23.6 Å². The third-order valence-electron chi connectivity index (χ3n) is 3.54. The van der Waals surface area contributed by atoms with Crippen molar-refractivity contribution >= 4 is 15.9 Å². The van der Waals surface area contributed by atoms with Crippen molar-refractivity contribution in [3.05, 3.63) is 52.0 Å². The maximum absolute atomic E-state index is 13.3. The van der Waals surface area contributed by atoms with Gasteiger partial charge in [0.2, 0.25) is 0 Å². The minimum atomic E-state index is -0.239. The predicted molar refractivity (Wildman–Crippen MR) is 73.3 cm³/mol. The van der Waals surface area contributed by atoms with Crippen molar-refractivity contribution in [2.24, 2.45) is 5.73 Å². The molecule has 18 heavy (non-hydrogen) atoms. The third-order valence-corrected chi connectivity index (χ3v) is 4.14. The molecule has 2 nitrogen and oxygen atoms in total. The van der Waals surface area contributed by atoms with Gasteiger partial charge in [-0.1, -0.05) is 0 Å². The number of halogens is 2. The maximum Gasteiger partial charge on any atom is 0.137 e. The minimum Gasteiger partial charge on any atom is -0.324 e. The maximum atomic E-state index is 13.3. The van der Waals surface area contributed by atoms with E-state index < -0.39 is 0 Å². The molecule has 3 rings (SSSR count). The van der Waals surface area contributed by atoms with Crippen LogP contribution >= 0.6 is 15.9 Å². The fourth-order valence-corrected chi connectivity index (χ4v) is 2.97. The molecule has 0 saturated carbocycles. The van der Waals surface area contributed by atoms with Crippen LogP contribution in [0.25, 0.3) is 5.69 Å². The van der Waals surface area contributed by atoms with Gasteiger partial charge in [0.25, 0.3) is 0 Å². The summed E-state index contributed by atoms with van der Waals surface area (Å²) < 4.78 is 15.9. The fraction of sp³-hybridized carbons (Fsp3) is 0.286. The smallest absolute Gasteiger partial charge is 0.137 e. The minimum absolute atomic E-state index is 0.138. The van der Waals surface area contributed by atoms with Gasteiger partial charge in [0.05, 0.1) is 4.47 Å². The number of fused-ring (bicyclic) bond motifs is 1. The van der Waals surface area contributed by atoms with Crippen LogP contribution < -0.4 is 5.73 Å². The Balaban J connectivity index is 2.09. The van der Waals surface area contributed by atoms with E-state index in [1.54, 1.807) is 12.1 Å². The molecule has 0 amide bonds. The Morgan fingerprint density at radius 2 is 2.17 bits per heavy atom. The Bertz CT molecular complexity index is 591. The van der Waals surface area contributed by atoms with E-state index in [0.717, 1.165) is 24.9 Å². The number of aromatic nitrogens is 1. The largest absolute Gasteiger partial charge is 0.324 e. The fourth-order valence-electron chi connectivity index (χ4n) is 2.60. The quantitative estimate of drug-likeness (QED) is 0.855. The van der Waals surface area contributed by atoms with Crippen molar-refractivity contribution in [2.45, 2.75) is 25.3 Å². The molecule has 0 fully saturated rings. The monoisotopic (exact) mass is 308 g/mol. The summed E-state index contributed by atoms with van der Waals surface area (Å²) in [5.74, 6) is -0.239. The van der Waals surface area contributed by atoms with Gasteiger partial charge in [0.1, 0.15) is 5.82 Å². The molecule has 94 valence electrons. The highest BCUT2D eigenvalue weighted by atomic mass is 79.9. The van der Waals surface area contributed by atoms with Crippen LogP contribution in [-0.4, -0.2) is 4.57 Å². The second kappa shape index (κ2) is 4.52. The first-order chi connectivity index (χ1) is 8.66. The number of nitrogens with two attached hydrogens (primary N) is 1. The van der Waals surface area contributed by atoms with E-state index in [1.807, 2.05) is 6.20 Å². The molecule has 0 saturated heterocycles. The zero-order chi connectivity index (χ0) is 12.7. The number of hydrogen-bond donors (Lipinski definition) is 1. The summed E-state index contributed by atoms with van der Waals surface area (Å²) >= 11 is 3.23. The molecule has 1 heterocycles. The van der Waals surface area contributed by atoms with Crippen LogP contribution in [0, 0.1) is 5.82 Å². The topological polar surface area (TPSA) is 30.9 Å². The van der Waals surface area contributed by atoms with Crippen molar-refractivity contribution in [2.75, 3.05) is 0 Å². The Kier molecular flexibility index (Phi) is 2.99. The van der Waals surface area contributed by atoms with Crippen molar-refractivity contribution in [1.82, 2.24) is 4.57 Å². The van der Waals surface area contributed by atoms with Crippen LogP contribution in [0.2, 0.25) is 0 Å². The molecule has 0 spiro atoms. The van der Waals surface area contributed by atoms with E-state index in [1.165, 1.54) is 17.3 Å². The number of benzene rings is 1. The average molecular weight is 309 g/mol. The SMILES string of the molecule is NC1CCCc2c1ccn2-c1ccc(F)c(Br)c1. The molecular weight excluding hydrogens is 295 g/mol. The molecule has 4 heteroatoms.